The van der Waals surface area contributed by atoms with E-state index in [0.29, 0.717) is 11.4 Å². The Kier molecular flexibility index (Phi) is 4.23. The average Bonchev–Trinajstić information content (AvgIpc) is 2.81. The molecule has 0 bridgehead atoms. The molecular formula is C14H17ClN2OS. The number of benzene rings is 1. The van der Waals surface area contributed by atoms with E-state index in [1.54, 1.807) is 0 Å². The first-order chi connectivity index (χ1) is 8.89. The van der Waals surface area contributed by atoms with E-state index in [1.165, 1.54) is 11.5 Å². The molecule has 2 aromatic rings. The molecule has 0 fully saturated rings. The molecule has 0 saturated carbocycles. The number of aromatic nitrogens is 2. The molecule has 19 heavy (non-hydrogen) atoms. The van der Waals surface area contributed by atoms with Gasteiger partial charge in [0.05, 0.1) is 16.7 Å². The Hall–Kier alpha value is -0.970. The summed E-state index contributed by atoms with van der Waals surface area (Å²) in [7, 11) is 0. The second kappa shape index (κ2) is 5.57. The summed E-state index contributed by atoms with van der Waals surface area (Å²) in [5.41, 5.74) is 1.67. The maximum atomic E-state index is 10.4. The van der Waals surface area contributed by atoms with E-state index >= 15 is 0 Å². The minimum absolute atomic E-state index is 0.121. The molecule has 0 radical (unpaired) electrons. The van der Waals surface area contributed by atoms with E-state index in [1.807, 2.05) is 24.3 Å². The highest BCUT2D eigenvalue weighted by Gasteiger charge is 2.26. The van der Waals surface area contributed by atoms with Gasteiger partial charge in [-0.2, -0.15) is 0 Å². The third-order valence-electron chi connectivity index (χ3n) is 2.90. The van der Waals surface area contributed by atoms with Crippen molar-refractivity contribution in [3.63, 3.8) is 0 Å². The Balaban J connectivity index is 2.24. The van der Waals surface area contributed by atoms with Gasteiger partial charge in [-0.3, -0.25) is 0 Å². The van der Waals surface area contributed by atoms with Gasteiger partial charge < -0.3 is 5.11 Å². The van der Waals surface area contributed by atoms with Crippen molar-refractivity contribution in [3.8, 4) is 0 Å². The zero-order chi connectivity index (χ0) is 14.0. The van der Waals surface area contributed by atoms with Gasteiger partial charge in [0.2, 0.25) is 0 Å². The minimum Gasteiger partial charge on any atom is -0.387 e. The van der Waals surface area contributed by atoms with E-state index in [-0.39, 0.29) is 5.41 Å². The van der Waals surface area contributed by atoms with E-state index in [2.05, 4.69) is 30.4 Å². The molecule has 1 N–H and O–H groups in total. The Bertz CT molecular complexity index is 563. The Labute approximate surface area is 122 Å². The highest BCUT2D eigenvalue weighted by Crippen LogP contribution is 2.32. The molecule has 2 rings (SSSR count). The summed E-state index contributed by atoms with van der Waals surface area (Å²) in [6.07, 6.45) is -0.138. The number of halogens is 1. The molecule has 0 aliphatic rings. The van der Waals surface area contributed by atoms with Crippen molar-refractivity contribution < 1.29 is 5.11 Å². The lowest BCUT2D eigenvalue weighted by Gasteiger charge is -2.19. The third kappa shape index (κ3) is 3.32. The summed E-state index contributed by atoms with van der Waals surface area (Å²) in [5, 5.41) is 15.2. The van der Waals surface area contributed by atoms with Crippen LogP contribution in [0.4, 0.5) is 0 Å². The van der Waals surface area contributed by atoms with Gasteiger partial charge in [0.1, 0.15) is 0 Å². The van der Waals surface area contributed by atoms with Crippen LogP contribution in [-0.4, -0.2) is 14.7 Å². The van der Waals surface area contributed by atoms with E-state index < -0.39 is 6.10 Å². The topological polar surface area (TPSA) is 46.0 Å². The highest BCUT2D eigenvalue weighted by molar-refractivity contribution is 7.05. The van der Waals surface area contributed by atoms with Gasteiger partial charge in [-0.25, -0.2) is 0 Å². The fourth-order valence-corrected chi connectivity index (χ4v) is 2.96. The van der Waals surface area contributed by atoms with E-state index in [9.17, 15) is 5.11 Å². The smallest absolute Gasteiger partial charge is 0.0958 e. The fourth-order valence-electron chi connectivity index (χ4n) is 1.90. The SMILES string of the molecule is CC(C)(C)c1nnsc1C(O)Cc1ccccc1Cl. The van der Waals surface area contributed by atoms with Crippen LogP contribution in [0.25, 0.3) is 0 Å². The zero-order valence-corrected chi connectivity index (χ0v) is 12.8. The molecule has 0 aliphatic carbocycles. The predicted molar refractivity (Wildman–Crippen MR) is 78.7 cm³/mol. The van der Waals surface area contributed by atoms with Crippen molar-refractivity contribution in [2.45, 2.75) is 38.7 Å². The van der Waals surface area contributed by atoms with Crippen molar-refractivity contribution in [1.29, 1.82) is 0 Å². The van der Waals surface area contributed by atoms with E-state index in [0.717, 1.165) is 16.1 Å². The number of hydrogen-bond acceptors (Lipinski definition) is 4. The van der Waals surface area contributed by atoms with Gasteiger partial charge in [0.15, 0.2) is 0 Å². The van der Waals surface area contributed by atoms with Crippen LogP contribution in [0.5, 0.6) is 0 Å². The van der Waals surface area contributed by atoms with Crippen molar-refractivity contribution in [2.75, 3.05) is 0 Å². The molecule has 5 heteroatoms. The first-order valence-corrected chi connectivity index (χ1v) is 7.29. The van der Waals surface area contributed by atoms with Crippen LogP contribution in [0.15, 0.2) is 24.3 Å². The second-order valence-corrected chi connectivity index (χ2v) is 6.74. The molecule has 1 atom stereocenters. The van der Waals surface area contributed by atoms with Gasteiger partial charge in [0.25, 0.3) is 0 Å². The molecule has 3 nitrogen and oxygen atoms in total. The Morgan fingerprint density at radius 2 is 2.00 bits per heavy atom. The predicted octanol–water partition coefficient (Wildman–Crippen LogP) is 3.77. The highest BCUT2D eigenvalue weighted by atomic mass is 35.5. The number of aliphatic hydroxyl groups is 1. The van der Waals surface area contributed by atoms with Gasteiger partial charge in [-0.15, -0.1) is 5.10 Å². The number of nitrogens with zero attached hydrogens (tertiary/aromatic N) is 2. The fraction of sp³-hybridized carbons (Fsp3) is 0.429. The van der Waals surface area contributed by atoms with Crippen LogP contribution in [0.3, 0.4) is 0 Å². The van der Waals surface area contributed by atoms with Crippen molar-refractivity contribution in [3.05, 3.63) is 45.4 Å². The summed E-state index contributed by atoms with van der Waals surface area (Å²) in [6, 6.07) is 7.56. The largest absolute Gasteiger partial charge is 0.387 e. The first kappa shape index (κ1) is 14.4. The lowest BCUT2D eigenvalue weighted by molar-refractivity contribution is 0.179. The van der Waals surface area contributed by atoms with Crippen LogP contribution >= 0.6 is 23.1 Å². The third-order valence-corrected chi connectivity index (χ3v) is 4.09. The van der Waals surface area contributed by atoms with Crippen molar-refractivity contribution in [1.82, 2.24) is 9.59 Å². The van der Waals surface area contributed by atoms with Crippen molar-refractivity contribution >= 4 is 23.1 Å². The van der Waals surface area contributed by atoms with Gasteiger partial charge in [-0.05, 0) is 23.2 Å². The van der Waals surface area contributed by atoms with Crippen molar-refractivity contribution in [2.24, 2.45) is 0 Å². The molecule has 1 aromatic heterocycles. The maximum Gasteiger partial charge on any atom is 0.0958 e. The van der Waals surface area contributed by atoms with Gasteiger partial charge in [-0.1, -0.05) is 55.1 Å². The Morgan fingerprint density at radius 1 is 1.32 bits per heavy atom. The quantitative estimate of drug-likeness (QED) is 0.938. The lowest BCUT2D eigenvalue weighted by atomic mass is 9.89. The Morgan fingerprint density at radius 3 is 2.63 bits per heavy atom. The van der Waals surface area contributed by atoms with Crippen LogP contribution in [0, 0.1) is 0 Å². The second-order valence-electron chi connectivity index (χ2n) is 5.55. The van der Waals surface area contributed by atoms with Crippen LogP contribution in [0.1, 0.15) is 43.0 Å². The summed E-state index contributed by atoms with van der Waals surface area (Å²) in [5.74, 6) is 0. The van der Waals surface area contributed by atoms with Gasteiger partial charge >= 0.3 is 0 Å². The molecule has 0 spiro atoms. The van der Waals surface area contributed by atoms with Crippen LogP contribution < -0.4 is 0 Å². The number of aliphatic hydroxyl groups excluding tert-OH is 1. The van der Waals surface area contributed by atoms with E-state index in [4.69, 9.17) is 11.6 Å². The molecule has 102 valence electrons. The summed E-state index contributed by atoms with van der Waals surface area (Å²) < 4.78 is 3.97. The normalized spacial score (nSPS) is 13.5. The summed E-state index contributed by atoms with van der Waals surface area (Å²) in [4.78, 5) is 0.826. The molecule has 1 heterocycles. The number of hydrogen-bond donors (Lipinski definition) is 1. The molecule has 1 aromatic carbocycles. The minimum atomic E-state index is -0.617. The standard InChI is InChI=1S/C14H17ClN2OS/c1-14(2,3)13-12(19-17-16-13)11(18)8-9-6-4-5-7-10(9)15/h4-7,11,18H,8H2,1-3H3. The molecule has 0 amide bonds. The molecule has 0 aliphatic heterocycles. The molecular weight excluding hydrogens is 280 g/mol. The van der Waals surface area contributed by atoms with Gasteiger partial charge in [0, 0.05) is 16.9 Å². The van der Waals surface area contributed by atoms with Crippen LogP contribution in [0.2, 0.25) is 5.02 Å². The monoisotopic (exact) mass is 296 g/mol. The van der Waals surface area contributed by atoms with Crippen LogP contribution in [-0.2, 0) is 11.8 Å². The lowest BCUT2D eigenvalue weighted by Crippen LogP contribution is -2.16. The average molecular weight is 297 g/mol. The summed E-state index contributed by atoms with van der Waals surface area (Å²) in [6.45, 7) is 6.19. The first-order valence-electron chi connectivity index (χ1n) is 6.14. The maximum absolute atomic E-state index is 10.4. The number of rotatable bonds is 3. The molecule has 0 saturated heterocycles. The summed E-state index contributed by atoms with van der Waals surface area (Å²) >= 11 is 7.38. The molecule has 1 unspecified atom stereocenters. The zero-order valence-electron chi connectivity index (χ0n) is 11.2.